The smallest absolute Gasteiger partial charge is 0.314 e. The van der Waals surface area contributed by atoms with Crippen molar-refractivity contribution in [3.63, 3.8) is 0 Å². The van der Waals surface area contributed by atoms with Gasteiger partial charge in [0, 0.05) is 10.6 Å². The summed E-state index contributed by atoms with van der Waals surface area (Å²) in [6.45, 7) is 1.68. The van der Waals surface area contributed by atoms with E-state index in [-0.39, 0.29) is 0 Å². The molecule has 0 aliphatic heterocycles. The minimum absolute atomic E-state index is 0.523. The van der Waals surface area contributed by atoms with Gasteiger partial charge in [-0.1, -0.05) is 48.5 Å². The van der Waals surface area contributed by atoms with Crippen LogP contribution >= 0.6 is 7.37 Å². The maximum atomic E-state index is 13.8. The van der Waals surface area contributed by atoms with E-state index in [1.54, 1.807) is 55.5 Å². The van der Waals surface area contributed by atoms with E-state index in [4.69, 9.17) is 4.52 Å². The van der Waals surface area contributed by atoms with Crippen LogP contribution in [0.2, 0.25) is 0 Å². The van der Waals surface area contributed by atoms with Crippen molar-refractivity contribution in [2.24, 2.45) is 0 Å². The molecule has 0 bridgehead atoms. The molecule has 0 amide bonds. The zero-order chi connectivity index (χ0) is 19.5. The molecular formula is C21H18F3O2P. The highest BCUT2D eigenvalue weighted by Gasteiger charge is 2.32. The minimum Gasteiger partial charge on any atom is -0.314 e. The highest BCUT2D eigenvalue weighted by atomic mass is 31.2. The zero-order valence-corrected chi connectivity index (χ0v) is 15.5. The van der Waals surface area contributed by atoms with Gasteiger partial charge in [0.1, 0.15) is 0 Å². The lowest BCUT2D eigenvalue weighted by Gasteiger charge is -2.24. The van der Waals surface area contributed by atoms with E-state index in [0.717, 1.165) is 12.1 Å². The van der Waals surface area contributed by atoms with E-state index in [0.29, 0.717) is 16.2 Å². The van der Waals surface area contributed by atoms with Crippen LogP contribution in [0.15, 0.2) is 84.9 Å². The molecule has 1 atom stereocenters. The second-order valence-corrected chi connectivity index (χ2v) is 8.44. The Morgan fingerprint density at radius 2 is 1.22 bits per heavy atom. The number of alkyl halides is 3. The van der Waals surface area contributed by atoms with E-state index in [2.05, 4.69) is 0 Å². The first-order chi connectivity index (χ1) is 12.8. The lowest BCUT2D eigenvalue weighted by atomic mass is 10.1. The molecule has 0 saturated carbocycles. The average Bonchev–Trinajstić information content (AvgIpc) is 2.68. The van der Waals surface area contributed by atoms with E-state index >= 15 is 0 Å². The van der Waals surface area contributed by atoms with Gasteiger partial charge in [0.15, 0.2) is 0 Å². The van der Waals surface area contributed by atoms with Gasteiger partial charge in [-0.15, -0.1) is 0 Å². The molecule has 140 valence electrons. The van der Waals surface area contributed by atoms with E-state index in [1.807, 2.05) is 12.1 Å². The Bertz CT molecular complexity index is 880. The van der Waals surface area contributed by atoms with Crippen molar-refractivity contribution in [2.75, 3.05) is 0 Å². The third-order valence-corrected chi connectivity index (χ3v) is 6.78. The molecule has 0 fully saturated rings. The zero-order valence-electron chi connectivity index (χ0n) is 14.6. The van der Waals surface area contributed by atoms with Crippen LogP contribution in [0.1, 0.15) is 24.2 Å². The summed E-state index contributed by atoms with van der Waals surface area (Å²) < 4.78 is 58.1. The third-order valence-electron chi connectivity index (χ3n) is 4.21. The van der Waals surface area contributed by atoms with Crippen molar-refractivity contribution < 1.29 is 22.3 Å². The molecule has 6 heteroatoms. The summed E-state index contributed by atoms with van der Waals surface area (Å²) in [6, 6.07) is 22.4. The molecule has 0 aliphatic rings. The van der Waals surface area contributed by atoms with Crippen molar-refractivity contribution >= 4 is 18.0 Å². The van der Waals surface area contributed by atoms with Crippen LogP contribution in [0.25, 0.3) is 0 Å². The second kappa shape index (κ2) is 7.71. The van der Waals surface area contributed by atoms with Gasteiger partial charge in [0.2, 0.25) is 0 Å². The number of hydrogen-bond donors (Lipinski definition) is 0. The van der Waals surface area contributed by atoms with Crippen LogP contribution in [-0.2, 0) is 15.3 Å². The summed E-state index contributed by atoms with van der Waals surface area (Å²) in [5.74, 6) is 0. The molecule has 0 aliphatic carbocycles. The Morgan fingerprint density at radius 3 is 1.63 bits per heavy atom. The number of rotatable bonds is 5. The van der Waals surface area contributed by atoms with E-state index in [9.17, 15) is 17.7 Å². The maximum Gasteiger partial charge on any atom is 0.416 e. The molecule has 3 rings (SSSR count). The maximum absolute atomic E-state index is 13.8. The third kappa shape index (κ3) is 4.32. The number of benzene rings is 3. The molecule has 0 N–H and O–H groups in total. The molecule has 0 heterocycles. The van der Waals surface area contributed by atoms with Gasteiger partial charge in [0.25, 0.3) is 7.37 Å². The SMILES string of the molecule is C[C@@H](OP(=O)(c1ccccc1)c1ccccc1)c1ccc(C(F)(F)F)cc1. The molecule has 3 aromatic rings. The normalized spacial score (nSPS) is 13.3. The predicted molar refractivity (Wildman–Crippen MR) is 101 cm³/mol. The molecule has 0 aromatic heterocycles. The standard InChI is InChI=1S/C21H18F3O2P/c1-16(17-12-14-18(15-13-17)21(22,23)24)26-27(25,19-8-4-2-5-9-19)20-10-6-3-7-11-20/h2-16H,1H3/t16-/m1/s1. The minimum atomic E-state index is -4.40. The van der Waals surface area contributed by atoms with Gasteiger partial charge < -0.3 is 4.52 Å². The fraction of sp³-hybridized carbons (Fsp3) is 0.143. The van der Waals surface area contributed by atoms with Gasteiger partial charge in [-0.25, -0.2) is 0 Å². The van der Waals surface area contributed by atoms with Crippen molar-refractivity contribution in [1.29, 1.82) is 0 Å². The second-order valence-electron chi connectivity index (χ2n) is 6.09. The summed E-state index contributed by atoms with van der Waals surface area (Å²) in [5.41, 5.74) is -0.206. The first-order valence-corrected chi connectivity index (χ1v) is 10.00. The molecule has 2 nitrogen and oxygen atoms in total. The molecule has 27 heavy (non-hydrogen) atoms. The average molecular weight is 390 g/mol. The molecule has 0 saturated heterocycles. The topological polar surface area (TPSA) is 26.3 Å². The first-order valence-electron chi connectivity index (χ1n) is 8.37. The summed E-state index contributed by atoms with van der Waals surface area (Å²) in [4.78, 5) is 0. The molecule has 0 unspecified atom stereocenters. The summed E-state index contributed by atoms with van der Waals surface area (Å²) in [7, 11) is -3.41. The van der Waals surface area contributed by atoms with Crippen LogP contribution in [-0.4, -0.2) is 0 Å². The molecule has 3 aromatic carbocycles. The van der Waals surface area contributed by atoms with Crippen LogP contribution < -0.4 is 10.6 Å². The van der Waals surface area contributed by atoms with E-state index < -0.39 is 25.2 Å². The van der Waals surface area contributed by atoms with Crippen LogP contribution in [0, 0.1) is 0 Å². The van der Waals surface area contributed by atoms with Gasteiger partial charge in [-0.3, -0.25) is 4.57 Å². The van der Waals surface area contributed by atoms with Crippen LogP contribution in [0.4, 0.5) is 13.2 Å². The fourth-order valence-corrected chi connectivity index (χ4v) is 4.98. The van der Waals surface area contributed by atoms with Gasteiger partial charge in [-0.05, 0) is 48.9 Å². The molecule has 0 spiro atoms. The monoisotopic (exact) mass is 390 g/mol. The lowest BCUT2D eigenvalue weighted by molar-refractivity contribution is -0.137. The van der Waals surface area contributed by atoms with Gasteiger partial charge in [-0.2, -0.15) is 13.2 Å². The van der Waals surface area contributed by atoms with Crippen LogP contribution in [0.3, 0.4) is 0 Å². The Kier molecular flexibility index (Phi) is 5.54. The number of hydrogen-bond acceptors (Lipinski definition) is 2. The van der Waals surface area contributed by atoms with Crippen LogP contribution in [0.5, 0.6) is 0 Å². The van der Waals surface area contributed by atoms with E-state index in [1.165, 1.54) is 12.1 Å². The van der Waals surface area contributed by atoms with Crippen molar-refractivity contribution in [2.45, 2.75) is 19.2 Å². The quantitative estimate of drug-likeness (QED) is 0.522. The number of halogens is 3. The van der Waals surface area contributed by atoms with Gasteiger partial charge in [0.05, 0.1) is 11.7 Å². The lowest BCUT2D eigenvalue weighted by Crippen LogP contribution is -2.19. The summed E-state index contributed by atoms with van der Waals surface area (Å²) >= 11 is 0. The molecular weight excluding hydrogens is 372 g/mol. The first kappa shape index (κ1) is 19.4. The fourth-order valence-electron chi connectivity index (χ4n) is 2.75. The Balaban J connectivity index is 1.94. The summed E-state index contributed by atoms with van der Waals surface area (Å²) in [5, 5.41) is 1.07. The van der Waals surface area contributed by atoms with Crippen molar-refractivity contribution in [3.05, 3.63) is 96.1 Å². The predicted octanol–water partition coefficient (Wildman–Crippen LogP) is 5.71. The van der Waals surface area contributed by atoms with Crippen molar-refractivity contribution in [3.8, 4) is 0 Å². The Morgan fingerprint density at radius 1 is 0.778 bits per heavy atom. The highest BCUT2D eigenvalue weighted by Crippen LogP contribution is 2.48. The highest BCUT2D eigenvalue weighted by molar-refractivity contribution is 7.74. The van der Waals surface area contributed by atoms with Crippen molar-refractivity contribution in [1.82, 2.24) is 0 Å². The Labute approximate surface area is 156 Å². The van der Waals surface area contributed by atoms with Gasteiger partial charge >= 0.3 is 6.18 Å². The summed E-state index contributed by atoms with van der Waals surface area (Å²) in [6.07, 6.45) is -5.05. The Hall–Kier alpha value is -2.36. The molecule has 0 radical (unpaired) electrons. The largest absolute Gasteiger partial charge is 0.416 e.